The van der Waals surface area contributed by atoms with Crippen molar-refractivity contribution in [3.63, 3.8) is 0 Å². The van der Waals surface area contributed by atoms with Crippen molar-refractivity contribution in [2.45, 2.75) is 6.54 Å². The number of ether oxygens (including phenoxy) is 1. The largest absolute Gasteiger partial charge is 0.507 e. The number of rotatable bonds is 5. The maximum absolute atomic E-state index is 9.42. The molecule has 1 aromatic carbocycles. The first-order valence-corrected chi connectivity index (χ1v) is 4.42. The predicted octanol–water partition coefficient (Wildman–Crippen LogP) is 0.102. The molecule has 0 amide bonds. The number of hydrogen-bond donors (Lipinski definition) is 2. The molecular weight excluding hydrogens is 166 g/mol. The first-order valence-electron chi connectivity index (χ1n) is 4.42. The van der Waals surface area contributed by atoms with Gasteiger partial charge >= 0.3 is 0 Å². The molecule has 13 heavy (non-hydrogen) atoms. The Balaban J connectivity index is 2.32. The van der Waals surface area contributed by atoms with Crippen molar-refractivity contribution in [1.29, 1.82) is 0 Å². The average molecular weight is 182 g/mol. The van der Waals surface area contributed by atoms with E-state index in [1.165, 1.54) is 0 Å². The van der Waals surface area contributed by atoms with Gasteiger partial charge in [-0.25, -0.2) is 0 Å². The Bertz CT molecular complexity index is 250. The molecule has 3 heteroatoms. The van der Waals surface area contributed by atoms with Gasteiger partial charge in [-0.15, -0.1) is 0 Å². The number of quaternary nitrogens is 1. The fraction of sp³-hybridized carbons (Fsp3) is 0.400. The van der Waals surface area contributed by atoms with E-state index in [1.54, 1.807) is 13.2 Å². The van der Waals surface area contributed by atoms with Crippen molar-refractivity contribution < 1.29 is 15.2 Å². The lowest BCUT2D eigenvalue weighted by Gasteiger charge is -2.02. The maximum Gasteiger partial charge on any atom is 0.124 e. The van der Waals surface area contributed by atoms with E-state index in [4.69, 9.17) is 4.74 Å². The molecule has 3 nitrogen and oxygen atoms in total. The van der Waals surface area contributed by atoms with E-state index in [1.807, 2.05) is 18.2 Å². The highest BCUT2D eigenvalue weighted by Crippen LogP contribution is 2.13. The molecule has 0 heterocycles. The van der Waals surface area contributed by atoms with Crippen LogP contribution >= 0.6 is 0 Å². The zero-order chi connectivity index (χ0) is 9.52. The molecule has 1 rings (SSSR count). The number of phenolic OH excluding ortho intramolecular Hbond substituents is 1. The lowest BCUT2D eigenvalue weighted by Crippen LogP contribution is -2.83. The second-order valence-corrected chi connectivity index (χ2v) is 2.90. The zero-order valence-corrected chi connectivity index (χ0v) is 7.86. The van der Waals surface area contributed by atoms with Gasteiger partial charge in [0, 0.05) is 12.7 Å². The van der Waals surface area contributed by atoms with E-state index < -0.39 is 0 Å². The number of phenols is 1. The minimum Gasteiger partial charge on any atom is -0.507 e. The topological polar surface area (TPSA) is 46.1 Å². The molecule has 0 radical (unpaired) electrons. The van der Waals surface area contributed by atoms with Crippen molar-refractivity contribution in [3.8, 4) is 5.75 Å². The number of benzene rings is 1. The fourth-order valence-corrected chi connectivity index (χ4v) is 1.14. The molecule has 0 aromatic heterocycles. The van der Waals surface area contributed by atoms with Crippen LogP contribution in [0.1, 0.15) is 5.56 Å². The molecule has 0 aliphatic rings. The molecule has 0 saturated heterocycles. The van der Waals surface area contributed by atoms with Crippen LogP contribution in [0.2, 0.25) is 0 Å². The van der Waals surface area contributed by atoms with Crippen molar-refractivity contribution in [2.24, 2.45) is 0 Å². The van der Waals surface area contributed by atoms with Gasteiger partial charge in [-0.1, -0.05) is 12.1 Å². The summed E-state index contributed by atoms with van der Waals surface area (Å²) in [6.45, 7) is 2.47. The van der Waals surface area contributed by atoms with Crippen LogP contribution < -0.4 is 5.32 Å². The highest BCUT2D eigenvalue weighted by Gasteiger charge is 2.00. The Morgan fingerprint density at radius 1 is 1.38 bits per heavy atom. The third-order valence-corrected chi connectivity index (χ3v) is 1.88. The lowest BCUT2D eigenvalue weighted by atomic mass is 10.2. The summed E-state index contributed by atoms with van der Waals surface area (Å²) in [6, 6.07) is 7.39. The van der Waals surface area contributed by atoms with Gasteiger partial charge in [-0.2, -0.15) is 0 Å². The summed E-state index contributed by atoms with van der Waals surface area (Å²) in [7, 11) is 1.69. The number of nitrogens with two attached hydrogens (primary N) is 1. The second-order valence-electron chi connectivity index (χ2n) is 2.90. The van der Waals surface area contributed by atoms with Crippen LogP contribution in [-0.2, 0) is 11.3 Å². The monoisotopic (exact) mass is 182 g/mol. The van der Waals surface area contributed by atoms with Gasteiger partial charge in [0.15, 0.2) is 0 Å². The standard InChI is InChI=1S/C10H15NO2/c1-13-7-6-11-8-9-4-2-3-5-10(9)12/h2-5,11-12H,6-8H2,1H3/p+1. The third-order valence-electron chi connectivity index (χ3n) is 1.88. The van der Waals surface area contributed by atoms with E-state index in [9.17, 15) is 5.11 Å². The van der Waals surface area contributed by atoms with Crippen LogP contribution in [0.3, 0.4) is 0 Å². The van der Waals surface area contributed by atoms with Crippen LogP contribution in [0.15, 0.2) is 24.3 Å². The van der Waals surface area contributed by atoms with Crippen LogP contribution in [-0.4, -0.2) is 25.4 Å². The van der Waals surface area contributed by atoms with Crippen LogP contribution in [0, 0.1) is 0 Å². The molecule has 0 unspecified atom stereocenters. The number of aromatic hydroxyl groups is 1. The van der Waals surface area contributed by atoms with E-state index in [2.05, 4.69) is 5.32 Å². The Kier molecular flexibility index (Phi) is 4.29. The Hall–Kier alpha value is -1.06. The van der Waals surface area contributed by atoms with Gasteiger partial charge < -0.3 is 15.2 Å². The second kappa shape index (κ2) is 5.56. The van der Waals surface area contributed by atoms with Gasteiger partial charge in [0.05, 0.1) is 13.2 Å². The molecule has 0 saturated carbocycles. The van der Waals surface area contributed by atoms with Crippen LogP contribution in [0.4, 0.5) is 0 Å². The summed E-state index contributed by atoms with van der Waals surface area (Å²) in [5.41, 5.74) is 0.971. The molecule has 1 aromatic rings. The molecule has 72 valence electrons. The van der Waals surface area contributed by atoms with Crippen molar-refractivity contribution in [1.82, 2.24) is 0 Å². The minimum atomic E-state index is 0.371. The fourth-order valence-electron chi connectivity index (χ4n) is 1.14. The summed E-state index contributed by atoms with van der Waals surface area (Å²) in [5, 5.41) is 11.5. The molecule has 3 N–H and O–H groups in total. The Morgan fingerprint density at radius 3 is 2.85 bits per heavy atom. The van der Waals surface area contributed by atoms with Crippen molar-refractivity contribution >= 4 is 0 Å². The summed E-state index contributed by atoms with van der Waals surface area (Å²) in [4.78, 5) is 0. The minimum absolute atomic E-state index is 0.371. The molecule has 0 aliphatic carbocycles. The number of methoxy groups -OCH3 is 1. The SMILES string of the molecule is COCC[NH2+]Cc1ccccc1O. The maximum atomic E-state index is 9.42. The van der Waals surface area contributed by atoms with E-state index >= 15 is 0 Å². The highest BCUT2D eigenvalue weighted by atomic mass is 16.5. The van der Waals surface area contributed by atoms with Gasteiger partial charge in [0.25, 0.3) is 0 Å². The molecule has 0 atom stereocenters. The molecule has 0 fully saturated rings. The Morgan fingerprint density at radius 2 is 2.15 bits per heavy atom. The summed E-state index contributed by atoms with van der Waals surface area (Å²) in [5.74, 6) is 0.371. The van der Waals surface area contributed by atoms with Crippen LogP contribution in [0.25, 0.3) is 0 Å². The van der Waals surface area contributed by atoms with Gasteiger partial charge in [-0.3, -0.25) is 0 Å². The van der Waals surface area contributed by atoms with E-state index in [-0.39, 0.29) is 0 Å². The average Bonchev–Trinajstić information content (AvgIpc) is 2.15. The molecular formula is C10H16NO2+. The zero-order valence-electron chi connectivity index (χ0n) is 7.86. The molecule has 0 spiro atoms. The normalized spacial score (nSPS) is 10.2. The Labute approximate surface area is 78.3 Å². The first kappa shape index (κ1) is 10.0. The van der Waals surface area contributed by atoms with E-state index in [0.717, 1.165) is 25.3 Å². The quantitative estimate of drug-likeness (QED) is 0.634. The van der Waals surface area contributed by atoms with E-state index in [0.29, 0.717) is 5.75 Å². The highest BCUT2D eigenvalue weighted by molar-refractivity contribution is 5.30. The summed E-state index contributed by atoms with van der Waals surface area (Å²) >= 11 is 0. The predicted molar refractivity (Wildman–Crippen MR) is 50.5 cm³/mol. The first-order chi connectivity index (χ1) is 6.34. The van der Waals surface area contributed by atoms with Gasteiger partial charge in [-0.05, 0) is 12.1 Å². The number of para-hydroxylation sites is 1. The van der Waals surface area contributed by atoms with Gasteiger partial charge in [0.1, 0.15) is 12.3 Å². The number of hydrogen-bond acceptors (Lipinski definition) is 2. The summed E-state index contributed by atoms with van der Waals surface area (Å²) < 4.78 is 4.92. The van der Waals surface area contributed by atoms with Gasteiger partial charge in [0.2, 0.25) is 0 Å². The van der Waals surface area contributed by atoms with Crippen molar-refractivity contribution in [3.05, 3.63) is 29.8 Å². The molecule has 0 aliphatic heterocycles. The van der Waals surface area contributed by atoms with Crippen molar-refractivity contribution in [2.75, 3.05) is 20.3 Å². The summed E-state index contributed by atoms with van der Waals surface area (Å²) in [6.07, 6.45) is 0. The smallest absolute Gasteiger partial charge is 0.124 e. The van der Waals surface area contributed by atoms with Crippen LogP contribution in [0.5, 0.6) is 5.75 Å². The molecule has 0 bridgehead atoms. The third kappa shape index (κ3) is 3.44. The lowest BCUT2D eigenvalue weighted by molar-refractivity contribution is -0.671.